The number of benzene rings is 2. The molecule has 0 radical (unpaired) electrons. The van der Waals surface area contributed by atoms with Gasteiger partial charge in [-0.15, -0.1) is 11.3 Å². The molecule has 2 aliphatic rings. The number of piperazine rings is 1. The van der Waals surface area contributed by atoms with Crippen molar-refractivity contribution in [3.05, 3.63) is 64.1 Å². The Morgan fingerprint density at radius 1 is 1.05 bits per heavy atom. The number of hydrogen-bond acceptors (Lipinski definition) is 8. The molecule has 0 amide bonds. The van der Waals surface area contributed by atoms with Gasteiger partial charge in [-0.1, -0.05) is 19.9 Å². The molecule has 1 aromatic heterocycles. The fraction of sp³-hybridized carbons (Fsp3) is 0.379. The Kier molecular flexibility index (Phi) is 9.50. The van der Waals surface area contributed by atoms with E-state index in [1.807, 2.05) is 43.0 Å². The summed E-state index contributed by atoms with van der Waals surface area (Å²) in [5.41, 5.74) is 0.305. The third-order valence-electron chi connectivity index (χ3n) is 6.96. The molecular weight excluding hydrogens is 576 g/mol. The SMILES string of the molecule is CC.COc1cccc(N2CCN(C3=Nc4c(csc4F)C(CC(=O)O)N3c3cc(C(F)(F)F)ccc3OC)CC2)c1. The third kappa shape index (κ3) is 6.25. The second kappa shape index (κ2) is 12.9. The fourth-order valence-electron chi connectivity index (χ4n) is 5.01. The number of halogens is 4. The number of thiophene rings is 1. The molecule has 226 valence electrons. The standard InChI is InChI=1S/C27H26F4N4O4S.C2H6/c1-38-18-5-3-4-17(13-18)33-8-10-34(11-9-33)26-32-24-19(15-40-25(24)28)20(14-23(36)37)35(26)21-12-16(27(29,30)31)6-7-22(21)39-2;1-2/h3-7,12-13,15,20H,8-11,14H2,1-2H3,(H,36,37);1-2H3. The molecule has 0 aliphatic carbocycles. The average Bonchev–Trinajstić information content (AvgIpc) is 3.37. The minimum absolute atomic E-state index is 0.00340. The van der Waals surface area contributed by atoms with Crippen molar-refractivity contribution in [3.8, 4) is 11.5 Å². The Hall–Kier alpha value is -4.00. The van der Waals surface area contributed by atoms with Crippen LogP contribution in [0.5, 0.6) is 11.5 Å². The van der Waals surface area contributed by atoms with E-state index >= 15 is 0 Å². The number of guanidine groups is 1. The second-order valence-corrected chi connectivity index (χ2v) is 10.1. The molecule has 0 spiro atoms. The summed E-state index contributed by atoms with van der Waals surface area (Å²) in [6.45, 7) is 5.86. The van der Waals surface area contributed by atoms with Crippen molar-refractivity contribution in [1.29, 1.82) is 0 Å². The van der Waals surface area contributed by atoms with E-state index < -0.39 is 35.3 Å². The molecule has 1 saturated heterocycles. The first-order chi connectivity index (χ1) is 20.1. The minimum atomic E-state index is -4.65. The van der Waals surface area contributed by atoms with Crippen molar-refractivity contribution in [3.63, 3.8) is 0 Å². The largest absolute Gasteiger partial charge is 0.497 e. The lowest BCUT2D eigenvalue weighted by Gasteiger charge is -2.44. The van der Waals surface area contributed by atoms with Gasteiger partial charge in [0.2, 0.25) is 11.1 Å². The topological polar surface area (TPSA) is 77.8 Å². The maximum absolute atomic E-state index is 14.9. The number of ether oxygens (including phenoxy) is 2. The molecule has 2 aliphatic heterocycles. The summed E-state index contributed by atoms with van der Waals surface area (Å²) in [7, 11) is 2.90. The second-order valence-electron chi connectivity index (χ2n) is 9.27. The maximum atomic E-state index is 14.9. The monoisotopic (exact) mass is 608 g/mol. The van der Waals surface area contributed by atoms with Crippen LogP contribution in [0.4, 0.5) is 34.6 Å². The highest BCUT2D eigenvalue weighted by Gasteiger charge is 2.41. The molecule has 3 heterocycles. The van der Waals surface area contributed by atoms with Gasteiger partial charge in [0.1, 0.15) is 17.2 Å². The quantitative estimate of drug-likeness (QED) is 0.309. The Morgan fingerprint density at radius 3 is 2.36 bits per heavy atom. The first-order valence-corrected chi connectivity index (χ1v) is 14.2. The van der Waals surface area contributed by atoms with E-state index in [0.717, 1.165) is 29.2 Å². The highest BCUT2D eigenvalue weighted by molar-refractivity contribution is 7.08. The van der Waals surface area contributed by atoms with E-state index in [0.29, 0.717) is 37.5 Å². The molecule has 5 rings (SSSR count). The summed E-state index contributed by atoms with van der Waals surface area (Å²) in [6, 6.07) is 9.57. The van der Waals surface area contributed by atoms with E-state index in [1.54, 1.807) is 7.11 Å². The number of alkyl halides is 3. The summed E-state index contributed by atoms with van der Waals surface area (Å²) in [6.07, 6.45) is -5.15. The van der Waals surface area contributed by atoms with Crippen LogP contribution in [0.1, 0.15) is 37.4 Å². The number of fused-ring (bicyclic) bond motifs is 1. The van der Waals surface area contributed by atoms with Crippen LogP contribution in [0.2, 0.25) is 0 Å². The lowest BCUT2D eigenvalue weighted by molar-refractivity contribution is -0.138. The van der Waals surface area contributed by atoms with E-state index in [-0.39, 0.29) is 23.1 Å². The molecule has 1 unspecified atom stereocenters. The van der Waals surface area contributed by atoms with Crippen LogP contribution in [0, 0.1) is 5.13 Å². The zero-order valence-corrected chi connectivity index (χ0v) is 24.4. The predicted octanol–water partition coefficient (Wildman–Crippen LogP) is 6.80. The van der Waals surface area contributed by atoms with Crippen LogP contribution in [0.3, 0.4) is 0 Å². The Bertz CT molecular complexity index is 1440. The number of hydrogen-bond donors (Lipinski definition) is 1. The smallest absolute Gasteiger partial charge is 0.416 e. The first-order valence-electron chi connectivity index (χ1n) is 13.4. The van der Waals surface area contributed by atoms with Gasteiger partial charge in [-0.2, -0.15) is 17.6 Å². The molecule has 3 aromatic rings. The van der Waals surface area contributed by atoms with Gasteiger partial charge in [0.15, 0.2) is 0 Å². The molecule has 0 saturated carbocycles. The van der Waals surface area contributed by atoms with E-state index in [2.05, 4.69) is 9.89 Å². The molecule has 2 aromatic carbocycles. The summed E-state index contributed by atoms with van der Waals surface area (Å²) in [4.78, 5) is 22.0. The Labute approximate surface area is 245 Å². The van der Waals surface area contributed by atoms with Crippen LogP contribution in [0.25, 0.3) is 0 Å². The molecule has 1 N–H and O–H groups in total. The number of carboxylic acids is 1. The zero-order valence-electron chi connectivity index (χ0n) is 23.6. The van der Waals surface area contributed by atoms with Crippen molar-refractivity contribution in [2.45, 2.75) is 32.5 Å². The molecule has 8 nitrogen and oxygen atoms in total. The van der Waals surface area contributed by atoms with Crippen LogP contribution >= 0.6 is 11.3 Å². The number of anilines is 2. The Morgan fingerprint density at radius 2 is 1.74 bits per heavy atom. The minimum Gasteiger partial charge on any atom is -0.497 e. The number of carboxylic acid groups (broad SMARTS) is 1. The molecule has 13 heteroatoms. The van der Waals surface area contributed by atoms with Gasteiger partial charge >= 0.3 is 12.1 Å². The average molecular weight is 609 g/mol. The van der Waals surface area contributed by atoms with E-state index in [1.165, 1.54) is 23.5 Å². The fourth-order valence-corrected chi connectivity index (χ4v) is 5.78. The van der Waals surface area contributed by atoms with Gasteiger partial charge in [-0.3, -0.25) is 4.79 Å². The van der Waals surface area contributed by atoms with Crippen molar-refractivity contribution in [2.75, 3.05) is 50.2 Å². The summed E-state index contributed by atoms with van der Waals surface area (Å²) in [5.74, 6) is -0.219. The lowest BCUT2D eigenvalue weighted by Crippen LogP contribution is -2.55. The number of rotatable bonds is 6. The number of carbonyl (C=O) groups is 1. The highest BCUT2D eigenvalue weighted by Crippen LogP contribution is 2.47. The van der Waals surface area contributed by atoms with Gasteiger partial charge in [-0.05, 0) is 30.3 Å². The van der Waals surface area contributed by atoms with Crippen LogP contribution < -0.4 is 19.3 Å². The van der Waals surface area contributed by atoms with E-state index in [4.69, 9.17) is 9.47 Å². The van der Waals surface area contributed by atoms with Gasteiger partial charge in [0.25, 0.3) is 0 Å². The van der Waals surface area contributed by atoms with Crippen LogP contribution in [-0.4, -0.2) is 62.3 Å². The maximum Gasteiger partial charge on any atom is 0.416 e. The zero-order chi connectivity index (χ0) is 30.6. The number of aliphatic imine (C=N–C) groups is 1. The van der Waals surface area contributed by atoms with Crippen molar-refractivity contribution < 1.29 is 36.9 Å². The lowest BCUT2D eigenvalue weighted by atomic mass is 10.00. The molecule has 42 heavy (non-hydrogen) atoms. The predicted molar refractivity (Wildman–Crippen MR) is 155 cm³/mol. The van der Waals surface area contributed by atoms with E-state index in [9.17, 15) is 27.5 Å². The molecular formula is C29H32F4N4O4S. The van der Waals surface area contributed by atoms with Crippen molar-refractivity contribution in [1.82, 2.24) is 4.90 Å². The number of methoxy groups -OCH3 is 2. The van der Waals surface area contributed by atoms with Gasteiger partial charge < -0.3 is 29.3 Å². The van der Waals surface area contributed by atoms with Crippen molar-refractivity contribution in [2.24, 2.45) is 4.99 Å². The van der Waals surface area contributed by atoms with Gasteiger partial charge in [0.05, 0.1) is 37.9 Å². The summed E-state index contributed by atoms with van der Waals surface area (Å²) >= 11 is 0.772. The molecule has 1 fully saturated rings. The summed E-state index contributed by atoms with van der Waals surface area (Å²) in [5, 5.41) is 10.6. The van der Waals surface area contributed by atoms with Gasteiger partial charge in [0, 0.05) is 48.9 Å². The van der Waals surface area contributed by atoms with Gasteiger partial charge in [-0.25, -0.2) is 4.99 Å². The van der Waals surface area contributed by atoms with Crippen LogP contribution in [-0.2, 0) is 11.0 Å². The molecule has 1 atom stereocenters. The Balaban J connectivity index is 0.00000198. The normalized spacial score (nSPS) is 16.7. The number of nitrogens with zero attached hydrogens (tertiary/aromatic N) is 4. The summed E-state index contributed by atoms with van der Waals surface area (Å²) < 4.78 is 66.9. The third-order valence-corrected chi connectivity index (χ3v) is 7.73. The number of aliphatic carboxylic acids is 1. The highest BCUT2D eigenvalue weighted by atomic mass is 32.1. The first kappa shape index (κ1) is 30.9. The van der Waals surface area contributed by atoms with Crippen molar-refractivity contribution >= 4 is 40.3 Å². The molecule has 0 bridgehead atoms. The van der Waals surface area contributed by atoms with Crippen LogP contribution in [0.15, 0.2) is 52.8 Å².